The zero-order valence-corrected chi connectivity index (χ0v) is 14.6. The molecule has 6 heteroatoms. The summed E-state index contributed by atoms with van der Waals surface area (Å²) in [5.74, 6) is -0.341. The van der Waals surface area contributed by atoms with E-state index in [1.165, 1.54) is 24.3 Å². The summed E-state index contributed by atoms with van der Waals surface area (Å²) in [5, 5.41) is 1.64. The molecule has 2 aromatic carbocycles. The van der Waals surface area contributed by atoms with Gasteiger partial charge in [0.25, 0.3) is 0 Å². The van der Waals surface area contributed by atoms with Crippen LogP contribution in [0.2, 0.25) is 10.0 Å². The van der Waals surface area contributed by atoms with Crippen LogP contribution in [0.5, 0.6) is 5.75 Å². The molecule has 126 valence electrons. The number of carbonyl (C=O) groups is 1. The van der Waals surface area contributed by atoms with E-state index < -0.39 is 11.6 Å². The first kappa shape index (κ1) is 17.3. The Morgan fingerprint density at radius 1 is 1.12 bits per heavy atom. The van der Waals surface area contributed by atoms with Crippen molar-refractivity contribution in [1.82, 2.24) is 0 Å². The average molecular weight is 375 g/mol. The van der Waals surface area contributed by atoms with Crippen LogP contribution in [-0.2, 0) is 4.79 Å². The van der Waals surface area contributed by atoms with Gasteiger partial charge in [0.2, 0.25) is 0 Å². The smallest absolute Gasteiger partial charge is 0.336 e. The van der Waals surface area contributed by atoms with E-state index in [-0.39, 0.29) is 5.75 Å². The van der Waals surface area contributed by atoms with Crippen molar-refractivity contribution >= 4 is 46.2 Å². The highest BCUT2D eigenvalue weighted by atomic mass is 35.5. The lowest BCUT2D eigenvalue weighted by Gasteiger charge is -2.05. The number of benzene rings is 2. The quantitative estimate of drug-likeness (QED) is 0.279. The molecule has 0 radical (unpaired) electrons. The summed E-state index contributed by atoms with van der Waals surface area (Å²) in [4.78, 5) is 23.4. The van der Waals surface area contributed by atoms with Crippen LogP contribution >= 0.6 is 23.2 Å². The van der Waals surface area contributed by atoms with E-state index in [0.717, 1.165) is 10.9 Å². The van der Waals surface area contributed by atoms with Crippen molar-refractivity contribution in [2.24, 2.45) is 0 Å². The third kappa shape index (κ3) is 3.92. The molecular weight excluding hydrogens is 363 g/mol. The first-order chi connectivity index (χ1) is 11.9. The Morgan fingerprint density at radius 3 is 2.56 bits per heavy atom. The van der Waals surface area contributed by atoms with Crippen LogP contribution in [0.4, 0.5) is 0 Å². The average Bonchev–Trinajstić information content (AvgIpc) is 2.53. The van der Waals surface area contributed by atoms with Crippen molar-refractivity contribution in [3.05, 3.63) is 80.1 Å². The number of fused-ring (bicyclic) bond motifs is 1. The van der Waals surface area contributed by atoms with E-state index in [2.05, 4.69) is 0 Å². The van der Waals surface area contributed by atoms with Crippen LogP contribution in [0.3, 0.4) is 0 Å². The Balaban J connectivity index is 1.82. The van der Waals surface area contributed by atoms with Gasteiger partial charge in [0.15, 0.2) is 0 Å². The Morgan fingerprint density at radius 2 is 1.84 bits per heavy atom. The van der Waals surface area contributed by atoms with E-state index in [1.807, 2.05) is 0 Å². The van der Waals surface area contributed by atoms with Crippen molar-refractivity contribution in [1.29, 1.82) is 0 Å². The second kappa shape index (κ2) is 7.13. The first-order valence-corrected chi connectivity index (χ1v) is 8.08. The maximum atomic E-state index is 12.0. The molecule has 0 amide bonds. The van der Waals surface area contributed by atoms with Crippen molar-refractivity contribution in [3.8, 4) is 5.75 Å². The highest BCUT2D eigenvalue weighted by molar-refractivity contribution is 6.37. The summed E-state index contributed by atoms with van der Waals surface area (Å²) < 4.78 is 10.4. The highest BCUT2D eigenvalue weighted by Gasteiger charge is 2.07. The molecule has 0 saturated heterocycles. The van der Waals surface area contributed by atoms with Crippen LogP contribution in [0.15, 0.2) is 57.8 Å². The maximum absolute atomic E-state index is 12.0. The van der Waals surface area contributed by atoms with Crippen LogP contribution in [0.25, 0.3) is 17.0 Å². The molecule has 0 bridgehead atoms. The summed E-state index contributed by atoms with van der Waals surface area (Å²) in [6, 6.07) is 11.3. The van der Waals surface area contributed by atoms with E-state index in [9.17, 15) is 9.59 Å². The summed E-state index contributed by atoms with van der Waals surface area (Å²) in [6.45, 7) is 1.81. The highest BCUT2D eigenvalue weighted by Crippen LogP contribution is 2.26. The monoisotopic (exact) mass is 374 g/mol. The number of esters is 1. The third-order valence-electron chi connectivity index (χ3n) is 3.53. The molecule has 0 atom stereocenters. The van der Waals surface area contributed by atoms with Crippen LogP contribution in [0.1, 0.15) is 11.1 Å². The molecular formula is C19H12Cl2O4. The number of rotatable bonds is 3. The van der Waals surface area contributed by atoms with Gasteiger partial charge < -0.3 is 9.15 Å². The minimum absolute atomic E-state index is 0.265. The van der Waals surface area contributed by atoms with Gasteiger partial charge in [0.05, 0.1) is 0 Å². The first-order valence-electron chi connectivity index (χ1n) is 7.32. The number of aryl methyl sites for hydroxylation is 1. The van der Waals surface area contributed by atoms with Gasteiger partial charge >= 0.3 is 11.6 Å². The molecule has 0 fully saturated rings. The number of ether oxygens (including phenoxy) is 1. The van der Waals surface area contributed by atoms with Gasteiger partial charge in [-0.1, -0.05) is 29.3 Å². The molecule has 0 spiro atoms. The van der Waals surface area contributed by atoms with Gasteiger partial charge in [0, 0.05) is 39.2 Å². The van der Waals surface area contributed by atoms with E-state index in [1.54, 1.807) is 37.3 Å². The largest absolute Gasteiger partial charge is 0.423 e. The Kier molecular flexibility index (Phi) is 4.93. The fourth-order valence-corrected chi connectivity index (χ4v) is 2.86. The minimum atomic E-state index is -0.606. The lowest BCUT2D eigenvalue weighted by molar-refractivity contribution is -0.128. The van der Waals surface area contributed by atoms with Gasteiger partial charge in [-0.05, 0) is 42.8 Å². The van der Waals surface area contributed by atoms with Crippen LogP contribution in [0, 0.1) is 6.92 Å². The normalized spacial score (nSPS) is 11.2. The van der Waals surface area contributed by atoms with Crippen LogP contribution in [-0.4, -0.2) is 5.97 Å². The minimum Gasteiger partial charge on any atom is -0.423 e. The Labute approximate surface area is 153 Å². The van der Waals surface area contributed by atoms with Crippen molar-refractivity contribution < 1.29 is 13.9 Å². The van der Waals surface area contributed by atoms with Gasteiger partial charge in [0.1, 0.15) is 11.3 Å². The summed E-state index contributed by atoms with van der Waals surface area (Å²) in [7, 11) is 0. The molecule has 25 heavy (non-hydrogen) atoms. The van der Waals surface area contributed by atoms with Crippen molar-refractivity contribution in [2.45, 2.75) is 6.92 Å². The van der Waals surface area contributed by atoms with Crippen molar-refractivity contribution in [3.63, 3.8) is 0 Å². The lowest BCUT2D eigenvalue weighted by atomic mass is 10.1. The molecule has 0 saturated carbocycles. The molecule has 0 unspecified atom stereocenters. The summed E-state index contributed by atoms with van der Waals surface area (Å²) in [6.07, 6.45) is 2.71. The summed E-state index contributed by atoms with van der Waals surface area (Å²) >= 11 is 12.1. The Hall–Kier alpha value is -2.56. The maximum Gasteiger partial charge on any atom is 0.336 e. The topological polar surface area (TPSA) is 56.5 Å². The second-order valence-electron chi connectivity index (χ2n) is 5.30. The molecule has 1 aromatic heterocycles. The fraction of sp³-hybridized carbons (Fsp3) is 0.0526. The predicted octanol–water partition coefficient (Wildman–Crippen LogP) is 5.03. The molecule has 1 heterocycles. The third-order valence-corrected chi connectivity index (χ3v) is 4.19. The number of hydrogen-bond donors (Lipinski definition) is 0. The molecule has 0 aliphatic heterocycles. The van der Waals surface area contributed by atoms with Crippen LogP contribution < -0.4 is 10.4 Å². The molecule has 4 nitrogen and oxygen atoms in total. The number of halogens is 2. The Bertz CT molecular complexity index is 1030. The lowest BCUT2D eigenvalue weighted by Crippen LogP contribution is -2.04. The molecule has 3 aromatic rings. The molecule has 0 aliphatic rings. The molecule has 0 N–H and O–H groups in total. The van der Waals surface area contributed by atoms with E-state index in [0.29, 0.717) is 21.2 Å². The molecule has 3 rings (SSSR count). The predicted molar refractivity (Wildman–Crippen MR) is 98.4 cm³/mol. The van der Waals surface area contributed by atoms with E-state index >= 15 is 0 Å². The van der Waals surface area contributed by atoms with Gasteiger partial charge in [-0.3, -0.25) is 0 Å². The van der Waals surface area contributed by atoms with Crippen molar-refractivity contribution in [2.75, 3.05) is 0 Å². The standard InChI is InChI=1S/C19H12Cl2O4/c1-11-9-19(23)25-17-10-12(5-6-13(11)17)24-18(22)8-7-14-15(20)3-2-4-16(14)21/h2-10H,1H3/b8-7+. The summed E-state index contributed by atoms with van der Waals surface area (Å²) in [5.41, 5.74) is 1.22. The second-order valence-corrected chi connectivity index (χ2v) is 6.11. The molecule has 0 aliphatic carbocycles. The fourth-order valence-electron chi connectivity index (χ4n) is 2.34. The SMILES string of the molecule is Cc1cc(=O)oc2cc(OC(=O)/C=C/c3c(Cl)cccc3Cl)ccc12. The number of carbonyl (C=O) groups excluding carboxylic acids is 1. The zero-order chi connectivity index (χ0) is 18.0. The van der Waals surface area contributed by atoms with Gasteiger partial charge in [-0.2, -0.15) is 0 Å². The van der Waals surface area contributed by atoms with E-state index in [4.69, 9.17) is 32.4 Å². The van der Waals surface area contributed by atoms with Gasteiger partial charge in [-0.25, -0.2) is 9.59 Å². The zero-order valence-electron chi connectivity index (χ0n) is 13.1. The van der Waals surface area contributed by atoms with Gasteiger partial charge in [-0.15, -0.1) is 0 Å². The number of hydrogen-bond acceptors (Lipinski definition) is 4.